The Balaban J connectivity index is 2.95. The lowest BCUT2D eigenvalue weighted by molar-refractivity contribution is -0.383. The van der Waals surface area contributed by atoms with Gasteiger partial charge in [-0.15, -0.1) is 0 Å². The van der Waals surface area contributed by atoms with E-state index in [2.05, 4.69) is 5.32 Å². The third-order valence-electron chi connectivity index (χ3n) is 1.86. The molecule has 1 rings (SSSR count). The predicted molar refractivity (Wildman–Crippen MR) is 63.5 cm³/mol. The summed E-state index contributed by atoms with van der Waals surface area (Å²) in [6, 6.07) is 2.65. The van der Waals surface area contributed by atoms with Gasteiger partial charge in [-0.05, 0) is 6.07 Å². The van der Waals surface area contributed by atoms with Crippen molar-refractivity contribution in [1.29, 1.82) is 0 Å². The van der Waals surface area contributed by atoms with Gasteiger partial charge in [0.1, 0.15) is 5.69 Å². The number of hydrogen-bond acceptors (Lipinski definition) is 4. The van der Waals surface area contributed by atoms with Crippen molar-refractivity contribution in [3.05, 3.63) is 32.3 Å². The van der Waals surface area contributed by atoms with Crippen LogP contribution in [0.3, 0.4) is 0 Å². The molecule has 7 heteroatoms. The molecule has 16 heavy (non-hydrogen) atoms. The first-order chi connectivity index (χ1) is 7.56. The quantitative estimate of drug-likeness (QED) is 0.505. The normalized spacial score (nSPS) is 10.2. The fraction of sp³-hybridized carbons (Fsp3) is 0.333. The fourth-order valence-corrected chi connectivity index (χ4v) is 1.44. The van der Waals surface area contributed by atoms with E-state index in [1.807, 2.05) is 0 Å². The summed E-state index contributed by atoms with van der Waals surface area (Å²) < 4.78 is 4.83. The Kier molecular flexibility index (Phi) is 4.79. The van der Waals surface area contributed by atoms with Gasteiger partial charge in [-0.1, -0.05) is 23.2 Å². The summed E-state index contributed by atoms with van der Waals surface area (Å²) >= 11 is 11.5. The van der Waals surface area contributed by atoms with E-state index in [-0.39, 0.29) is 15.7 Å². The van der Waals surface area contributed by atoms with E-state index in [0.29, 0.717) is 18.8 Å². The van der Waals surface area contributed by atoms with Crippen molar-refractivity contribution in [3.8, 4) is 0 Å². The van der Waals surface area contributed by atoms with E-state index in [1.165, 1.54) is 12.1 Å². The SMILES string of the molecule is COCCNc1cc(Cl)c(Cl)cc1[N+](=O)[O-]. The number of ether oxygens (including phenoxy) is 1. The molecule has 0 saturated heterocycles. The standard InChI is InChI=1S/C9H10Cl2N2O3/c1-16-3-2-12-8-4-6(10)7(11)5-9(8)13(14)15/h4-5,12H,2-3H2,1H3. The minimum absolute atomic E-state index is 0.106. The first kappa shape index (κ1) is 13.0. The molecule has 0 aliphatic heterocycles. The summed E-state index contributed by atoms with van der Waals surface area (Å²) in [4.78, 5) is 10.2. The van der Waals surface area contributed by atoms with Crippen LogP contribution < -0.4 is 5.32 Å². The molecule has 0 unspecified atom stereocenters. The van der Waals surface area contributed by atoms with E-state index in [4.69, 9.17) is 27.9 Å². The second-order valence-corrected chi connectivity index (χ2v) is 3.77. The van der Waals surface area contributed by atoms with Crippen LogP contribution in [-0.2, 0) is 4.74 Å². The maximum atomic E-state index is 10.8. The van der Waals surface area contributed by atoms with Crippen LogP contribution in [0.4, 0.5) is 11.4 Å². The second-order valence-electron chi connectivity index (χ2n) is 2.96. The van der Waals surface area contributed by atoms with Crippen molar-refractivity contribution in [2.75, 3.05) is 25.6 Å². The number of methoxy groups -OCH3 is 1. The molecule has 0 bridgehead atoms. The molecule has 0 saturated carbocycles. The zero-order chi connectivity index (χ0) is 12.1. The van der Waals surface area contributed by atoms with Crippen LogP contribution in [0.15, 0.2) is 12.1 Å². The van der Waals surface area contributed by atoms with Crippen molar-refractivity contribution in [1.82, 2.24) is 0 Å². The van der Waals surface area contributed by atoms with Gasteiger partial charge in [0.05, 0.1) is 21.6 Å². The summed E-state index contributed by atoms with van der Waals surface area (Å²) in [7, 11) is 1.55. The van der Waals surface area contributed by atoms with Crippen molar-refractivity contribution in [3.63, 3.8) is 0 Å². The largest absolute Gasteiger partial charge is 0.383 e. The number of nitrogens with zero attached hydrogens (tertiary/aromatic N) is 1. The molecule has 1 aromatic rings. The molecular weight excluding hydrogens is 255 g/mol. The molecular formula is C9H10Cl2N2O3. The average molecular weight is 265 g/mol. The molecule has 0 aliphatic rings. The Bertz CT molecular complexity index is 399. The summed E-state index contributed by atoms with van der Waals surface area (Å²) in [6.45, 7) is 0.896. The molecule has 88 valence electrons. The Labute approximate surface area is 102 Å². The van der Waals surface area contributed by atoms with Crippen LogP contribution in [0.25, 0.3) is 0 Å². The number of nitrogens with one attached hydrogen (secondary N) is 1. The third-order valence-corrected chi connectivity index (χ3v) is 2.58. The average Bonchev–Trinajstić information content (AvgIpc) is 2.23. The first-order valence-corrected chi connectivity index (χ1v) is 5.18. The van der Waals surface area contributed by atoms with Crippen molar-refractivity contribution in [2.45, 2.75) is 0 Å². The number of benzene rings is 1. The van der Waals surface area contributed by atoms with Crippen LogP contribution in [-0.4, -0.2) is 25.2 Å². The number of nitro benzene ring substituents is 1. The number of rotatable bonds is 5. The minimum Gasteiger partial charge on any atom is -0.383 e. The lowest BCUT2D eigenvalue weighted by Crippen LogP contribution is -2.09. The molecule has 0 atom stereocenters. The fourth-order valence-electron chi connectivity index (χ4n) is 1.12. The second kappa shape index (κ2) is 5.89. The highest BCUT2D eigenvalue weighted by molar-refractivity contribution is 6.42. The Morgan fingerprint density at radius 2 is 2.06 bits per heavy atom. The number of halogens is 2. The van der Waals surface area contributed by atoms with Crippen molar-refractivity contribution in [2.24, 2.45) is 0 Å². The monoisotopic (exact) mass is 264 g/mol. The Morgan fingerprint density at radius 1 is 1.44 bits per heavy atom. The molecule has 0 fully saturated rings. The van der Waals surface area contributed by atoms with Gasteiger partial charge in [-0.3, -0.25) is 10.1 Å². The Hall–Kier alpha value is -1.04. The van der Waals surface area contributed by atoms with Gasteiger partial charge in [0.25, 0.3) is 5.69 Å². The van der Waals surface area contributed by atoms with Crippen LogP contribution in [0.1, 0.15) is 0 Å². The lowest BCUT2D eigenvalue weighted by atomic mass is 10.2. The highest BCUT2D eigenvalue weighted by atomic mass is 35.5. The summed E-state index contributed by atoms with van der Waals surface area (Å²) in [5, 5.41) is 14.0. The number of anilines is 1. The highest BCUT2D eigenvalue weighted by Gasteiger charge is 2.16. The molecule has 1 N–H and O–H groups in total. The zero-order valence-corrected chi connectivity index (χ0v) is 10.0. The van der Waals surface area contributed by atoms with Crippen LogP contribution in [0.5, 0.6) is 0 Å². The third kappa shape index (κ3) is 3.23. The summed E-state index contributed by atoms with van der Waals surface area (Å²) in [5.74, 6) is 0. The minimum atomic E-state index is -0.517. The lowest BCUT2D eigenvalue weighted by Gasteiger charge is -2.07. The molecule has 0 amide bonds. The molecule has 0 aromatic heterocycles. The summed E-state index contributed by atoms with van der Waals surface area (Å²) in [6.07, 6.45) is 0. The molecule has 0 aliphatic carbocycles. The zero-order valence-electron chi connectivity index (χ0n) is 8.50. The molecule has 1 aromatic carbocycles. The van der Waals surface area contributed by atoms with Gasteiger partial charge in [-0.2, -0.15) is 0 Å². The van der Waals surface area contributed by atoms with E-state index >= 15 is 0 Å². The summed E-state index contributed by atoms with van der Waals surface area (Å²) in [5.41, 5.74) is 0.224. The van der Waals surface area contributed by atoms with Gasteiger partial charge in [0.2, 0.25) is 0 Å². The Morgan fingerprint density at radius 3 is 2.62 bits per heavy atom. The first-order valence-electron chi connectivity index (χ1n) is 4.42. The molecule has 5 nitrogen and oxygen atoms in total. The number of hydrogen-bond donors (Lipinski definition) is 1. The predicted octanol–water partition coefficient (Wildman–Crippen LogP) is 2.96. The van der Waals surface area contributed by atoms with Gasteiger partial charge in [0, 0.05) is 19.7 Å². The van der Waals surface area contributed by atoms with E-state index in [9.17, 15) is 10.1 Å². The van der Waals surface area contributed by atoms with E-state index in [0.717, 1.165) is 0 Å². The van der Waals surface area contributed by atoms with Crippen LogP contribution in [0, 0.1) is 10.1 Å². The highest BCUT2D eigenvalue weighted by Crippen LogP contribution is 2.33. The van der Waals surface area contributed by atoms with Gasteiger partial charge in [-0.25, -0.2) is 0 Å². The topological polar surface area (TPSA) is 64.4 Å². The van der Waals surface area contributed by atoms with Gasteiger partial charge >= 0.3 is 0 Å². The molecule has 0 radical (unpaired) electrons. The van der Waals surface area contributed by atoms with E-state index < -0.39 is 4.92 Å². The van der Waals surface area contributed by atoms with Gasteiger partial charge in [0.15, 0.2) is 0 Å². The number of nitro groups is 1. The van der Waals surface area contributed by atoms with E-state index in [1.54, 1.807) is 7.11 Å². The van der Waals surface area contributed by atoms with Crippen molar-refractivity contribution >= 4 is 34.6 Å². The maximum absolute atomic E-state index is 10.8. The molecule has 0 heterocycles. The molecule has 0 spiro atoms. The van der Waals surface area contributed by atoms with Crippen molar-refractivity contribution < 1.29 is 9.66 Å². The van der Waals surface area contributed by atoms with Crippen LogP contribution >= 0.6 is 23.2 Å². The van der Waals surface area contributed by atoms with Gasteiger partial charge < -0.3 is 10.1 Å². The van der Waals surface area contributed by atoms with Crippen LogP contribution in [0.2, 0.25) is 10.0 Å². The maximum Gasteiger partial charge on any atom is 0.293 e. The smallest absolute Gasteiger partial charge is 0.293 e.